The third-order valence-corrected chi connectivity index (χ3v) is 10.0. The monoisotopic (exact) mass is 622 g/mol. The van der Waals surface area contributed by atoms with Gasteiger partial charge in [0.15, 0.2) is 16.6 Å². The number of rotatable bonds is 8. The molecule has 1 aliphatic rings. The van der Waals surface area contributed by atoms with Gasteiger partial charge in [0.1, 0.15) is 9.97 Å². The second kappa shape index (κ2) is 11.5. The number of ketones is 1. The van der Waals surface area contributed by atoms with Crippen molar-refractivity contribution in [3.8, 4) is 11.5 Å². The molecule has 0 aliphatic carbocycles. The van der Waals surface area contributed by atoms with Crippen LogP contribution < -0.4 is 19.6 Å². The highest BCUT2D eigenvalue weighted by molar-refractivity contribution is 7.93. The number of sulfone groups is 1. The molecule has 14 heteroatoms. The van der Waals surface area contributed by atoms with E-state index < -0.39 is 38.6 Å². The predicted molar refractivity (Wildman–Crippen MR) is 157 cm³/mol. The van der Waals surface area contributed by atoms with Crippen LogP contribution in [0.1, 0.15) is 22.7 Å². The Kier molecular flexibility index (Phi) is 7.94. The van der Waals surface area contributed by atoms with E-state index in [1.54, 1.807) is 42.5 Å². The Balaban J connectivity index is 1.65. The molecule has 2 N–H and O–H groups in total. The summed E-state index contributed by atoms with van der Waals surface area (Å²) in [7, 11) is -1.29. The molecule has 5 rings (SSSR count). The summed E-state index contributed by atoms with van der Waals surface area (Å²) in [6.45, 7) is 1.86. The molecule has 4 aromatic rings. The minimum absolute atomic E-state index is 0.110. The Bertz CT molecular complexity index is 1850. The molecule has 1 aromatic heterocycles. The Hall–Kier alpha value is -4.76. The fourth-order valence-electron chi connectivity index (χ4n) is 4.59. The minimum Gasteiger partial charge on any atom is -0.733 e. The number of thiazole rings is 1. The van der Waals surface area contributed by atoms with Crippen molar-refractivity contribution < 1.29 is 37.8 Å². The molecule has 2 heterocycles. The average molecular weight is 623 g/mol. The van der Waals surface area contributed by atoms with E-state index in [1.807, 2.05) is 6.92 Å². The van der Waals surface area contributed by atoms with Gasteiger partial charge in [0, 0.05) is 5.56 Å². The Morgan fingerprint density at radius 2 is 1.65 bits per heavy atom. The van der Waals surface area contributed by atoms with E-state index >= 15 is 0 Å². The SMILES string of the molecule is COc1ccc(C2C(=C(O)c3ccc(C)cc3)C(=O)C(=O)N2c2ncc(S(=O)(=O)c3ccc(N([O-])O)cc3)s2)cc1OC. The molecule has 1 fully saturated rings. The van der Waals surface area contributed by atoms with Crippen molar-refractivity contribution in [1.82, 2.24) is 4.98 Å². The third-order valence-electron chi connectivity index (χ3n) is 6.80. The van der Waals surface area contributed by atoms with Crippen molar-refractivity contribution >= 4 is 49.4 Å². The minimum atomic E-state index is -4.17. The van der Waals surface area contributed by atoms with E-state index in [4.69, 9.17) is 14.7 Å². The second-order valence-electron chi connectivity index (χ2n) is 9.38. The number of aromatic nitrogens is 1. The van der Waals surface area contributed by atoms with Gasteiger partial charge in [0.05, 0.1) is 42.6 Å². The summed E-state index contributed by atoms with van der Waals surface area (Å²) in [5.41, 5.74) is 1.20. The first-order valence-electron chi connectivity index (χ1n) is 12.5. The van der Waals surface area contributed by atoms with Crippen LogP contribution in [0.2, 0.25) is 0 Å². The zero-order valence-electron chi connectivity index (χ0n) is 22.9. The summed E-state index contributed by atoms with van der Waals surface area (Å²) < 4.78 is 37.2. The number of benzene rings is 3. The summed E-state index contributed by atoms with van der Waals surface area (Å²) in [5.74, 6) is -1.74. The lowest BCUT2D eigenvalue weighted by molar-refractivity contribution is -0.132. The number of ether oxygens (including phenoxy) is 2. The highest BCUT2D eigenvalue weighted by Gasteiger charge is 2.48. The molecule has 1 unspecified atom stereocenters. The Labute approximate surface area is 250 Å². The van der Waals surface area contributed by atoms with Gasteiger partial charge in [-0.05, 0) is 48.9 Å². The summed E-state index contributed by atoms with van der Waals surface area (Å²) in [5, 5.41) is 31.0. The number of nitrogens with zero attached hydrogens (tertiary/aromatic N) is 3. The van der Waals surface area contributed by atoms with Gasteiger partial charge in [-0.2, -0.15) is 0 Å². The van der Waals surface area contributed by atoms with Crippen LogP contribution in [-0.2, 0) is 19.4 Å². The van der Waals surface area contributed by atoms with Gasteiger partial charge in [-0.1, -0.05) is 47.2 Å². The first kappa shape index (κ1) is 29.7. The summed E-state index contributed by atoms with van der Waals surface area (Å²) >= 11 is 0.648. The van der Waals surface area contributed by atoms with Crippen LogP contribution in [0.3, 0.4) is 0 Å². The molecule has 1 atom stereocenters. The smallest absolute Gasteiger partial charge is 0.301 e. The maximum absolute atomic E-state index is 13.5. The summed E-state index contributed by atoms with van der Waals surface area (Å²) in [4.78, 5) is 32.1. The van der Waals surface area contributed by atoms with E-state index in [9.17, 15) is 28.3 Å². The normalized spacial score (nSPS) is 16.4. The number of aliphatic hydroxyl groups excluding tert-OH is 1. The maximum Gasteiger partial charge on any atom is 0.301 e. The lowest BCUT2D eigenvalue weighted by Gasteiger charge is -2.23. The largest absolute Gasteiger partial charge is 0.733 e. The van der Waals surface area contributed by atoms with Crippen molar-refractivity contribution in [3.63, 3.8) is 0 Å². The van der Waals surface area contributed by atoms with Gasteiger partial charge in [0.2, 0.25) is 9.84 Å². The Morgan fingerprint density at radius 3 is 2.26 bits per heavy atom. The fraction of sp³-hybridized carbons (Fsp3) is 0.138. The van der Waals surface area contributed by atoms with E-state index in [2.05, 4.69) is 4.98 Å². The first-order chi connectivity index (χ1) is 20.5. The number of anilines is 2. The van der Waals surface area contributed by atoms with Gasteiger partial charge < -0.3 is 25.0 Å². The summed E-state index contributed by atoms with van der Waals surface area (Å²) in [6.07, 6.45) is 1.06. The van der Waals surface area contributed by atoms with Crippen molar-refractivity contribution in [2.45, 2.75) is 22.1 Å². The number of amides is 1. The molecule has 0 bridgehead atoms. The number of methoxy groups -OCH3 is 2. The molecule has 1 amide bonds. The maximum atomic E-state index is 13.5. The van der Waals surface area contributed by atoms with Crippen molar-refractivity contribution in [3.05, 3.63) is 100 Å². The summed E-state index contributed by atoms with van der Waals surface area (Å²) in [6, 6.07) is 14.8. The number of hydrogen-bond donors (Lipinski definition) is 2. The fourth-order valence-corrected chi connectivity index (χ4v) is 7.14. The predicted octanol–water partition coefficient (Wildman–Crippen LogP) is 4.62. The first-order valence-corrected chi connectivity index (χ1v) is 14.8. The van der Waals surface area contributed by atoms with Crippen LogP contribution in [0.5, 0.6) is 11.5 Å². The van der Waals surface area contributed by atoms with Crippen molar-refractivity contribution in [2.24, 2.45) is 0 Å². The van der Waals surface area contributed by atoms with Gasteiger partial charge in [-0.3, -0.25) is 19.7 Å². The molecule has 1 aliphatic heterocycles. The number of carbonyl (C=O) groups is 2. The molecule has 222 valence electrons. The van der Waals surface area contributed by atoms with Crippen molar-refractivity contribution in [2.75, 3.05) is 24.3 Å². The lowest BCUT2D eigenvalue weighted by atomic mass is 9.95. The van der Waals surface area contributed by atoms with Crippen LogP contribution in [0, 0.1) is 12.1 Å². The van der Waals surface area contributed by atoms with Crippen LogP contribution >= 0.6 is 11.3 Å². The molecular weight excluding hydrogens is 598 g/mol. The molecule has 1 saturated heterocycles. The lowest BCUT2D eigenvalue weighted by Crippen LogP contribution is -2.29. The Morgan fingerprint density at radius 1 is 1.00 bits per heavy atom. The second-order valence-corrected chi connectivity index (χ2v) is 12.6. The zero-order chi connectivity index (χ0) is 31.1. The highest BCUT2D eigenvalue weighted by Crippen LogP contribution is 2.45. The van der Waals surface area contributed by atoms with E-state index in [-0.39, 0.29) is 25.5 Å². The van der Waals surface area contributed by atoms with Crippen LogP contribution in [0.4, 0.5) is 10.8 Å². The third kappa shape index (κ3) is 5.32. The molecule has 3 aromatic carbocycles. The van der Waals surface area contributed by atoms with E-state index in [1.165, 1.54) is 14.2 Å². The molecule has 0 spiro atoms. The molecule has 12 nitrogen and oxygen atoms in total. The molecule has 0 radical (unpaired) electrons. The van der Waals surface area contributed by atoms with Crippen LogP contribution in [0.25, 0.3) is 5.76 Å². The van der Waals surface area contributed by atoms with E-state index in [0.29, 0.717) is 34.0 Å². The molecule has 0 saturated carbocycles. The standard InChI is InChI=1S/C29H24N3O9S2/c1-16-4-6-17(7-5-16)26(33)24-25(18-8-13-21(40-2)22(14-18)41-3)31(28(35)27(24)34)29-30-15-23(42-29)43(38,39)20-11-9-19(10-12-20)32(36)37/h4-15,25,33,36H,1-3H3/q-1. The highest BCUT2D eigenvalue weighted by atomic mass is 32.2. The van der Waals surface area contributed by atoms with E-state index in [0.717, 1.165) is 40.9 Å². The number of aliphatic hydroxyl groups is 1. The zero-order valence-corrected chi connectivity index (χ0v) is 24.5. The van der Waals surface area contributed by atoms with Crippen molar-refractivity contribution in [1.29, 1.82) is 0 Å². The van der Waals surface area contributed by atoms with Crippen LogP contribution in [-0.4, -0.2) is 49.6 Å². The number of Topliss-reactive ketones (excluding diaryl/α,β-unsaturated/α-hetero) is 1. The molecule has 43 heavy (non-hydrogen) atoms. The number of hydrogen-bond acceptors (Lipinski definition) is 12. The topological polar surface area (TPSA) is 170 Å². The quantitative estimate of drug-likeness (QED) is 0.122. The van der Waals surface area contributed by atoms with Gasteiger partial charge in [0.25, 0.3) is 5.78 Å². The molecular formula is C29H24N3O9S2-. The number of carbonyl (C=O) groups excluding carboxylic acids is 2. The number of aryl methyl sites for hydroxylation is 1. The van der Waals surface area contributed by atoms with Gasteiger partial charge in [-0.15, -0.1) is 0 Å². The van der Waals surface area contributed by atoms with Gasteiger partial charge >= 0.3 is 5.91 Å². The van der Waals surface area contributed by atoms with Crippen LogP contribution in [0.15, 0.2) is 87.6 Å². The van der Waals surface area contributed by atoms with Gasteiger partial charge in [-0.25, -0.2) is 13.4 Å². The average Bonchev–Trinajstić information content (AvgIpc) is 3.60.